The number of aliphatic imine (C=N–C) groups is 1. The van der Waals surface area contributed by atoms with Crippen molar-refractivity contribution in [3.63, 3.8) is 0 Å². The van der Waals surface area contributed by atoms with Gasteiger partial charge < -0.3 is 25.6 Å². The van der Waals surface area contributed by atoms with Crippen LogP contribution in [0.2, 0.25) is 0 Å². The fourth-order valence-electron chi connectivity index (χ4n) is 5.32. The second kappa shape index (κ2) is 18.9. The van der Waals surface area contributed by atoms with Crippen LogP contribution in [0.15, 0.2) is 29.3 Å². The molecule has 17 heteroatoms. The number of amidine groups is 2. The third-order valence-corrected chi connectivity index (χ3v) is 9.86. The molecular weight excluding hydrogens is 665 g/mol. The summed E-state index contributed by atoms with van der Waals surface area (Å²) in [5.41, 5.74) is 1.03. The van der Waals surface area contributed by atoms with Crippen molar-refractivity contribution >= 4 is 56.9 Å². The van der Waals surface area contributed by atoms with Gasteiger partial charge in [0.15, 0.2) is 5.17 Å². The zero-order valence-corrected chi connectivity index (χ0v) is 29.2. The van der Waals surface area contributed by atoms with E-state index >= 15 is 0 Å². The Morgan fingerprint density at radius 1 is 0.979 bits per heavy atom. The van der Waals surface area contributed by atoms with Gasteiger partial charge in [-0.3, -0.25) is 33.3 Å². The number of amides is 3. The summed E-state index contributed by atoms with van der Waals surface area (Å²) >= 11 is 1.28. The number of carbonyl (C=O) groups is 4. The molecule has 1 aromatic carbocycles. The SMILES string of the molecule is COC(=O)CCNC(=O)C1SC(=NC(=O)c2ccc(C(=N)NCCCC(=O)NC3CCCCC3)cc2)N(C2CC2)C1C.COS(=O)(=O)O. The highest BCUT2D eigenvalue weighted by Crippen LogP contribution is 2.40. The normalized spacial score (nSPS) is 20.3. The Labute approximate surface area is 285 Å². The molecular formula is C31H46N6O9S2. The first-order chi connectivity index (χ1) is 22.8. The van der Waals surface area contributed by atoms with E-state index in [0.29, 0.717) is 41.7 Å². The number of benzene rings is 1. The van der Waals surface area contributed by atoms with E-state index < -0.39 is 21.6 Å². The zero-order chi connectivity index (χ0) is 35.3. The van der Waals surface area contributed by atoms with Gasteiger partial charge in [0.1, 0.15) is 11.1 Å². The van der Waals surface area contributed by atoms with Crippen molar-refractivity contribution in [3.8, 4) is 0 Å². The lowest BCUT2D eigenvalue weighted by Gasteiger charge is -2.24. The van der Waals surface area contributed by atoms with Gasteiger partial charge in [-0.1, -0.05) is 43.2 Å². The molecule has 1 aromatic rings. The number of rotatable bonds is 13. The molecule has 15 nitrogen and oxygen atoms in total. The Bertz CT molecular complexity index is 1430. The average molecular weight is 711 g/mol. The van der Waals surface area contributed by atoms with Gasteiger partial charge >= 0.3 is 16.4 Å². The van der Waals surface area contributed by atoms with Crippen LogP contribution in [0.1, 0.15) is 87.1 Å². The number of esters is 1. The maximum Gasteiger partial charge on any atom is 0.397 e. The van der Waals surface area contributed by atoms with Gasteiger partial charge in [0, 0.05) is 48.8 Å². The molecule has 1 saturated heterocycles. The van der Waals surface area contributed by atoms with E-state index in [1.54, 1.807) is 24.3 Å². The molecule has 48 heavy (non-hydrogen) atoms. The van der Waals surface area contributed by atoms with Crippen molar-refractivity contribution in [2.24, 2.45) is 4.99 Å². The summed E-state index contributed by atoms with van der Waals surface area (Å²) in [7, 11) is -1.98. The molecule has 266 valence electrons. The van der Waals surface area contributed by atoms with Crippen LogP contribution in [-0.4, -0.2) is 103 Å². The average Bonchev–Trinajstić information content (AvgIpc) is 3.85. The van der Waals surface area contributed by atoms with E-state index in [4.69, 9.17) is 9.96 Å². The van der Waals surface area contributed by atoms with Crippen LogP contribution in [0.3, 0.4) is 0 Å². The summed E-state index contributed by atoms with van der Waals surface area (Å²) in [4.78, 5) is 55.9. The number of ether oxygens (including phenoxy) is 1. The Hall–Kier alpha value is -3.54. The van der Waals surface area contributed by atoms with Gasteiger partial charge in [0.05, 0.1) is 20.6 Å². The Morgan fingerprint density at radius 2 is 1.60 bits per heavy atom. The summed E-state index contributed by atoms with van der Waals surface area (Å²) in [5.74, 6) is -0.688. The highest BCUT2D eigenvalue weighted by Gasteiger charge is 2.47. The second-order valence-electron chi connectivity index (χ2n) is 11.7. The fraction of sp³-hybridized carbons (Fsp3) is 0.613. The molecule has 2 saturated carbocycles. The smallest absolute Gasteiger partial charge is 0.397 e. The lowest BCUT2D eigenvalue weighted by Crippen LogP contribution is -2.43. The van der Waals surface area contributed by atoms with Crippen LogP contribution in [0.5, 0.6) is 0 Å². The van der Waals surface area contributed by atoms with Gasteiger partial charge in [0.2, 0.25) is 11.8 Å². The highest BCUT2D eigenvalue weighted by molar-refractivity contribution is 8.15. The van der Waals surface area contributed by atoms with E-state index in [1.807, 2.05) is 6.92 Å². The summed E-state index contributed by atoms with van der Waals surface area (Å²) < 4.78 is 34.3. The van der Waals surface area contributed by atoms with Crippen molar-refractivity contribution in [1.82, 2.24) is 20.9 Å². The molecule has 0 bridgehead atoms. The number of thioether (sulfide) groups is 1. The van der Waals surface area contributed by atoms with Crippen LogP contribution in [0.25, 0.3) is 0 Å². The van der Waals surface area contributed by atoms with Crippen LogP contribution in [0.4, 0.5) is 0 Å². The number of methoxy groups -OCH3 is 1. The van der Waals surface area contributed by atoms with Crippen molar-refractivity contribution in [3.05, 3.63) is 35.4 Å². The van der Waals surface area contributed by atoms with Gasteiger partial charge in [-0.2, -0.15) is 13.4 Å². The van der Waals surface area contributed by atoms with Crippen LogP contribution in [-0.2, 0) is 33.7 Å². The first-order valence-corrected chi connectivity index (χ1v) is 18.2. The molecule has 0 spiro atoms. The van der Waals surface area contributed by atoms with Crippen molar-refractivity contribution in [2.75, 3.05) is 27.3 Å². The lowest BCUT2D eigenvalue weighted by molar-refractivity contribution is -0.140. The predicted molar refractivity (Wildman–Crippen MR) is 181 cm³/mol. The molecule has 3 fully saturated rings. The Balaban J connectivity index is 0.000000952. The second-order valence-corrected chi connectivity index (χ2v) is 14.0. The summed E-state index contributed by atoms with van der Waals surface area (Å²) in [5, 5.41) is 17.4. The highest BCUT2D eigenvalue weighted by atomic mass is 32.3. The van der Waals surface area contributed by atoms with Gasteiger partial charge in [0.25, 0.3) is 5.91 Å². The number of nitrogens with zero attached hydrogens (tertiary/aromatic N) is 2. The molecule has 5 N–H and O–H groups in total. The van der Waals surface area contributed by atoms with E-state index in [-0.39, 0.29) is 48.7 Å². The molecule has 2 unspecified atom stereocenters. The molecule has 2 atom stereocenters. The fourth-order valence-corrected chi connectivity index (χ4v) is 6.64. The Morgan fingerprint density at radius 3 is 2.19 bits per heavy atom. The molecule has 0 aromatic heterocycles. The minimum atomic E-state index is -4.16. The minimum absolute atomic E-state index is 0.0697. The van der Waals surface area contributed by atoms with E-state index in [2.05, 4.69) is 34.8 Å². The first-order valence-electron chi connectivity index (χ1n) is 16.0. The molecule has 1 aliphatic heterocycles. The maximum absolute atomic E-state index is 13.1. The van der Waals surface area contributed by atoms with E-state index in [1.165, 1.54) is 38.1 Å². The minimum Gasteiger partial charge on any atom is -0.469 e. The van der Waals surface area contributed by atoms with Gasteiger partial charge in [-0.15, -0.1) is 0 Å². The van der Waals surface area contributed by atoms with Gasteiger partial charge in [-0.25, -0.2) is 0 Å². The lowest BCUT2D eigenvalue weighted by atomic mass is 9.95. The maximum atomic E-state index is 13.1. The third-order valence-electron chi connectivity index (χ3n) is 8.07. The molecule has 2 aliphatic carbocycles. The van der Waals surface area contributed by atoms with Crippen LogP contribution in [0, 0.1) is 5.41 Å². The van der Waals surface area contributed by atoms with Crippen LogP contribution >= 0.6 is 11.8 Å². The monoisotopic (exact) mass is 710 g/mol. The molecule has 3 aliphatic rings. The Kier molecular flexibility index (Phi) is 15.3. The molecule has 4 rings (SSSR count). The predicted octanol–water partition coefficient (Wildman–Crippen LogP) is 2.41. The first kappa shape index (κ1) is 38.9. The van der Waals surface area contributed by atoms with Gasteiger partial charge in [-0.05, 0) is 51.2 Å². The summed E-state index contributed by atoms with van der Waals surface area (Å²) in [6.07, 6.45) is 8.87. The van der Waals surface area contributed by atoms with E-state index in [9.17, 15) is 27.6 Å². The summed E-state index contributed by atoms with van der Waals surface area (Å²) in [6.45, 7) is 2.66. The van der Waals surface area contributed by atoms with Crippen molar-refractivity contribution in [1.29, 1.82) is 5.41 Å². The van der Waals surface area contributed by atoms with Crippen molar-refractivity contribution < 1.29 is 41.1 Å². The topological polar surface area (TPSA) is 217 Å². The zero-order valence-electron chi connectivity index (χ0n) is 27.5. The van der Waals surface area contributed by atoms with E-state index in [0.717, 1.165) is 32.8 Å². The summed E-state index contributed by atoms with van der Waals surface area (Å²) in [6, 6.07) is 7.15. The standard InChI is InChI=1S/C30H42N6O5S.CH4O4S/c1-19-26(29(40)33-18-16-25(38)41-2)42-30(36(19)23-14-15-23)35-28(39)21-12-10-20(11-13-21)27(31)32-17-6-9-24(37)34-22-7-4-3-5-8-22;1-5-6(2,3)4/h10-13,19,22-23,26H,3-9,14-18H2,1-2H3,(H2,31,32)(H,33,40)(H,34,37);1H3,(H,2,3,4). The largest absolute Gasteiger partial charge is 0.469 e. The molecule has 3 amide bonds. The number of carbonyl (C=O) groups excluding carboxylic acids is 4. The number of hydrogen-bond donors (Lipinski definition) is 5. The number of hydrogen-bond acceptors (Lipinski definition) is 10. The number of nitrogens with one attached hydrogen (secondary N) is 4. The van der Waals surface area contributed by atoms with Crippen molar-refractivity contribution in [2.45, 2.75) is 94.5 Å². The molecule has 0 radical (unpaired) electrons. The third kappa shape index (κ3) is 12.8. The molecule has 1 heterocycles. The van der Waals surface area contributed by atoms with Crippen LogP contribution < -0.4 is 16.0 Å². The quantitative estimate of drug-likeness (QED) is 0.0656.